The van der Waals surface area contributed by atoms with Crippen LogP contribution in [0.15, 0.2) is 12.3 Å². The van der Waals surface area contributed by atoms with Gasteiger partial charge in [0.2, 0.25) is 5.88 Å². The van der Waals surface area contributed by atoms with E-state index >= 15 is 0 Å². The van der Waals surface area contributed by atoms with Crippen molar-refractivity contribution < 1.29 is 14.6 Å². The summed E-state index contributed by atoms with van der Waals surface area (Å²) in [7, 11) is 1.40. The highest BCUT2D eigenvalue weighted by Gasteiger charge is 2.14. The van der Waals surface area contributed by atoms with Gasteiger partial charge < -0.3 is 9.84 Å². The van der Waals surface area contributed by atoms with Crippen LogP contribution in [0.2, 0.25) is 0 Å². The molecule has 0 radical (unpaired) electrons. The third-order valence-electron chi connectivity index (χ3n) is 1.53. The average Bonchev–Trinajstić information content (AvgIpc) is 2.03. The minimum atomic E-state index is -1.02. The second kappa shape index (κ2) is 3.21. The monoisotopic (exact) mass is 167 g/mol. The van der Waals surface area contributed by atoms with Gasteiger partial charge in [0.05, 0.1) is 7.11 Å². The van der Waals surface area contributed by atoms with Gasteiger partial charge in [0.25, 0.3) is 0 Å². The summed E-state index contributed by atoms with van der Waals surface area (Å²) in [6, 6.07) is 1.63. The average molecular weight is 167 g/mol. The van der Waals surface area contributed by atoms with Crippen LogP contribution in [0.3, 0.4) is 0 Å². The first-order valence-electron chi connectivity index (χ1n) is 3.39. The maximum absolute atomic E-state index is 10.7. The van der Waals surface area contributed by atoms with Gasteiger partial charge in [-0.2, -0.15) is 0 Å². The van der Waals surface area contributed by atoms with E-state index in [-0.39, 0.29) is 11.4 Å². The molecule has 1 rings (SSSR count). The molecule has 0 fully saturated rings. The zero-order valence-corrected chi connectivity index (χ0v) is 6.87. The SMILES string of the molecule is COc1nccc(C)c1C(=O)O. The lowest BCUT2D eigenvalue weighted by Crippen LogP contribution is -2.04. The van der Waals surface area contributed by atoms with Crippen LogP contribution in [0, 0.1) is 6.92 Å². The van der Waals surface area contributed by atoms with Gasteiger partial charge in [-0.15, -0.1) is 0 Å². The molecule has 0 spiro atoms. The fourth-order valence-electron chi connectivity index (χ4n) is 0.948. The van der Waals surface area contributed by atoms with E-state index in [2.05, 4.69) is 4.98 Å². The predicted octanol–water partition coefficient (Wildman–Crippen LogP) is 1.10. The summed E-state index contributed by atoms with van der Waals surface area (Å²) in [4.78, 5) is 14.5. The van der Waals surface area contributed by atoms with Gasteiger partial charge in [-0.3, -0.25) is 0 Å². The molecule has 4 nitrogen and oxygen atoms in total. The number of aromatic carboxylic acids is 1. The fourth-order valence-corrected chi connectivity index (χ4v) is 0.948. The lowest BCUT2D eigenvalue weighted by Gasteiger charge is -2.04. The van der Waals surface area contributed by atoms with Crippen molar-refractivity contribution in [3.63, 3.8) is 0 Å². The number of aryl methyl sites for hydroxylation is 1. The molecule has 0 amide bonds. The molecule has 1 aromatic heterocycles. The van der Waals surface area contributed by atoms with Crippen molar-refractivity contribution in [2.24, 2.45) is 0 Å². The van der Waals surface area contributed by atoms with Crippen molar-refractivity contribution in [1.29, 1.82) is 0 Å². The molecular formula is C8H9NO3. The number of hydrogen-bond donors (Lipinski definition) is 1. The summed E-state index contributed by atoms with van der Waals surface area (Å²) < 4.78 is 4.80. The number of nitrogens with zero attached hydrogens (tertiary/aromatic N) is 1. The van der Waals surface area contributed by atoms with E-state index in [9.17, 15) is 4.79 Å². The number of aromatic nitrogens is 1. The zero-order valence-electron chi connectivity index (χ0n) is 6.87. The molecule has 0 atom stereocenters. The quantitative estimate of drug-likeness (QED) is 0.716. The summed E-state index contributed by atoms with van der Waals surface area (Å²) in [6.45, 7) is 1.70. The molecule has 0 unspecified atom stereocenters. The molecule has 0 aromatic carbocycles. The molecule has 1 aromatic rings. The maximum Gasteiger partial charge on any atom is 0.341 e. The van der Waals surface area contributed by atoms with Gasteiger partial charge in [0.15, 0.2) is 0 Å². The Labute approximate surface area is 69.8 Å². The van der Waals surface area contributed by atoms with Crippen LogP contribution in [0.1, 0.15) is 15.9 Å². The molecule has 64 valence electrons. The van der Waals surface area contributed by atoms with Gasteiger partial charge in [-0.05, 0) is 18.6 Å². The maximum atomic E-state index is 10.7. The Morgan fingerprint density at radius 2 is 2.33 bits per heavy atom. The Hall–Kier alpha value is -1.58. The van der Waals surface area contributed by atoms with E-state index in [0.717, 1.165) is 0 Å². The van der Waals surface area contributed by atoms with E-state index in [1.807, 2.05) is 0 Å². The lowest BCUT2D eigenvalue weighted by atomic mass is 10.1. The number of rotatable bonds is 2. The van der Waals surface area contributed by atoms with Crippen LogP contribution in [-0.2, 0) is 0 Å². The summed E-state index contributed by atoms with van der Waals surface area (Å²) >= 11 is 0. The number of ether oxygens (including phenoxy) is 1. The van der Waals surface area contributed by atoms with Crippen molar-refractivity contribution >= 4 is 5.97 Å². The molecule has 0 aliphatic carbocycles. The largest absolute Gasteiger partial charge is 0.480 e. The van der Waals surface area contributed by atoms with Crippen molar-refractivity contribution in [2.45, 2.75) is 6.92 Å². The minimum Gasteiger partial charge on any atom is -0.480 e. The number of carboxylic acid groups (broad SMARTS) is 1. The number of carbonyl (C=O) groups is 1. The third kappa shape index (κ3) is 1.37. The number of methoxy groups -OCH3 is 1. The molecule has 0 aliphatic heterocycles. The summed E-state index contributed by atoms with van der Waals surface area (Å²) in [5, 5.41) is 8.76. The van der Waals surface area contributed by atoms with Crippen LogP contribution in [0.25, 0.3) is 0 Å². The lowest BCUT2D eigenvalue weighted by molar-refractivity contribution is 0.0691. The normalized spacial score (nSPS) is 9.50. The highest BCUT2D eigenvalue weighted by Crippen LogP contribution is 2.17. The van der Waals surface area contributed by atoms with E-state index in [1.54, 1.807) is 13.0 Å². The first-order valence-corrected chi connectivity index (χ1v) is 3.39. The molecule has 0 aliphatic rings. The number of carboxylic acids is 1. The molecule has 0 saturated carbocycles. The van der Waals surface area contributed by atoms with Gasteiger partial charge in [0, 0.05) is 6.20 Å². The van der Waals surface area contributed by atoms with Crippen molar-refractivity contribution in [3.8, 4) is 5.88 Å². The van der Waals surface area contributed by atoms with E-state index in [1.165, 1.54) is 13.3 Å². The molecule has 1 heterocycles. The van der Waals surface area contributed by atoms with Gasteiger partial charge in [0.1, 0.15) is 5.56 Å². The highest BCUT2D eigenvalue weighted by molar-refractivity contribution is 5.91. The first kappa shape index (κ1) is 8.52. The molecular weight excluding hydrogens is 158 g/mol. The Balaban J connectivity index is 3.29. The molecule has 4 heteroatoms. The molecule has 12 heavy (non-hydrogen) atoms. The van der Waals surface area contributed by atoms with E-state index < -0.39 is 5.97 Å². The Kier molecular flexibility index (Phi) is 2.28. The van der Waals surface area contributed by atoms with Crippen LogP contribution >= 0.6 is 0 Å². The summed E-state index contributed by atoms with van der Waals surface area (Å²) in [5.74, 6) is -0.861. The Morgan fingerprint density at radius 3 is 2.75 bits per heavy atom. The van der Waals surface area contributed by atoms with Crippen LogP contribution in [0.5, 0.6) is 5.88 Å². The van der Waals surface area contributed by atoms with Gasteiger partial charge in [-0.1, -0.05) is 0 Å². The van der Waals surface area contributed by atoms with E-state index in [4.69, 9.17) is 9.84 Å². The summed E-state index contributed by atoms with van der Waals surface area (Å²) in [6.07, 6.45) is 1.51. The van der Waals surface area contributed by atoms with Crippen LogP contribution in [-0.4, -0.2) is 23.2 Å². The highest BCUT2D eigenvalue weighted by atomic mass is 16.5. The fraction of sp³-hybridized carbons (Fsp3) is 0.250. The predicted molar refractivity (Wildman–Crippen MR) is 42.5 cm³/mol. The first-order chi connectivity index (χ1) is 5.66. The van der Waals surface area contributed by atoms with Crippen LogP contribution < -0.4 is 4.74 Å². The molecule has 1 N–H and O–H groups in total. The molecule has 0 saturated heterocycles. The number of pyridine rings is 1. The third-order valence-corrected chi connectivity index (χ3v) is 1.53. The second-order valence-electron chi connectivity index (χ2n) is 2.32. The van der Waals surface area contributed by atoms with Gasteiger partial charge >= 0.3 is 5.97 Å². The Morgan fingerprint density at radius 1 is 1.67 bits per heavy atom. The van der Waals surface area contributed by atoms with E-state index in [0.29, 0.717) is 5.56 Å². The van der Waals surface area contributed by atoms with Crippen molar-refractivity contribution in [3.05, 3.63) is 23.4 Å². The zero-order chi connectivity index (χ0) is 9.14. The molecule has 0 bridgehead atoms. The van der Waals surface area contributed by atoms with Crippen LogP contribution in [0.4, 0.5) is 0 Å². The smallest absolute Gasteiger partial charge is 0.341 e. The standard InChI is InChI=1S/C8H9NO3/c1-5-3-4-9-7(12-2)6(5)8(10)11/h3-4H,1-2H3,(H,10,11). The Bertz CT molecular complexity index is 309. The minimum absolute atomic E-state index is 0.125. The van der Waals surface area contributed by atoms with Crippen molar-refractivity contribution in [1.82, 2.24) is 4.98 Å². The van der Waals surface area contributed by atoms with Gasteiger partial charge in [-0.25, -0.2) is 9.78 Å². The number of hydrogen-bond acceptors (Lipinski definition) is 3. The summed E-state index contributed by atoms with van der Waals surface area (Å²) in [5.41, 5.74) is 0.773. The van der Waals surface area contributed by atoms with Crippen molar-refractivity contribution in [2.75, 3.05) is 7.11 Å². The second-order valence-corrected chi connectivity index (χ2v) is 2.32. The topological polar surface area (TPSA) is 59.4 Å².